The van der Waals surface area contributed by atoms with Crippen molar-refractivity contribution in [3.8, 4) is 0 Å². The molecule has 0 rings (SSSR count). The Morgan fingerprint density at radius 1 is 1.60 bits per heavy atom. The van der Waals surface area contributed by atoms with Crippen LogP contribution in [0.4, 0.5) is 0 Å². The summed E-state index contributed by atoms with van der Waals surface area (Å²) in [6, 6.07) is 0. The molecule has 0 saturated carbocycles. The normalized spacial score (nSPS) is 11.8. The summed E-state index contributed by atoms with van der Waals surface area (Å²) in [6.07, 6.45) is 7.68. The summed E-state index contributed by atoms with van der Waals surface area (Å²) >= 11 is 1.83. The van der Waals surface area contributed by atoms with Crippen LogP contribution in [-0.2, 0) is 0 Å². The minimum absolute atomic E-state index is 0. The predicted molar refractivity (Wildman–Crippen MR) is 45.7 cm³/mol. The fraction of sp³-hybridized carbons (Fsp3) is 0.750. The van der Waals surface area contributed by atoms with Crippen molar-refractivity contribution in [3.05, 3.63) is 12.7 Å². The number of thioether (sulfide) groups is 1. The van der Waals surface area contributed by atoms with Gasteiger partial charge in [0.1, 0.15) is 0 Å². The first kappa shape index (κ1) is 13.3. The van der Waals surface area contributed by atoms with Crippen molar-refractivity contribution in [1.29, 1.82) is 0 Å². The molecule has 0 amide bonds. The molecule has 0 aliphatic rings. The summed E-state index contributed by atoms with van der Waals surface area (Å²) in [7, 11) is 0. The maximum absolute atomic E-state index is 5.38. The Hall–Kier alpha value is 0.687. The van der Waals surface area contributed by atoms with Crippen LogP contribution < -0.4 is 18.9 Å². The van der Waals surface area contributed by atoms with Crippen molar-refractivity contribution >= 4 is 11.8 Å². The Morgan fingerprint density at radius 3 is 2.50 bits per heavy atom. The second kappa shape index (κ2) is 9.69. The average molecular weight is 150 g/mol. The van der Waals surface area contributed by atoms with Gasteiger partial charge in [0, 0.05) is 0 Å². The van der Waals surface area contributed by atoms with E-state index in [0.29, 0.717) is 5.25 Å². The second-order valence-electron chi connectivity index (χ2n) is 2.11. The van der Waals surface area contributed by atoms with Crippen LogP contribution in [0.5, 0.6) is 0 Å². The zero-order valence-electron chi connectivity index (χ0n) is 7.26. The van der Waals surface area contributed by atoms with Crippen LogP contribution in [0.1, 0.15) is 26.2 Å². The van der Waals surface area contributed by atoms with E-state index in [9.17, 15) is 0 Å². The third-order valence-corrected chi connectivity index (χ3v) is 2.36. The fourth-order valence-corrected chi connectivity index (χ4v) is 1.26. The van der Waals surface area contributed by atoms with Crippen LogP contribution >= 0.6 is 11.8 Å². The number of unbranched alkanes of at least 4 members (excludes halogenated alkanes) is 1. The molecule has 1 atom stereocenters. The van der Waals surface area contributed by atoms with E-state index >= 15 is 0 Å². The van der Waals surface area contributed by atoms with E-state index in [1.54, 1.807) is 6.08 Å². The monoisotopic (exact) mass is 150 g/mol. The molecule has 0 nitrogen and oxygen atoms in total. The molecule has 2 heteroatoms. The Kier molecular flexibility index (Phi) is 12.9. The maximum atomic E-state index is 5.38. The molecule has 0 aliphatic carbocycles. The van der Waals surface area contributed by atoms with E-state index < -0.39 is 0 Å². The molecule has 0 aromatic rings. The molecule has 0 spiro atoms. The predicted octanol–water partition coefficient (Wildman–Crippen LogP) is -0.0986. The van der Waals surface area contributed by atoms with E-state index in [1.165, 1.54) is 19.3 Å². The van der Waals surface area contributed by atoms with Crippen molar-refractivity contribution in [2.75, 3.05) is 6.26 Å². The Morgan fingerprint density at radius 2 is 2.20 bits per heavy atom. The van der Waals surface area contributed by atoms with Crippen molar-refractivity contribution in [1.82, 2.24) is 0 Å². The maximum Gasteiger partial charge on any atom is 1.00 e. The van der Waals surface area contributed by atoms with E-state index in [1.807, 2.05) is 11.8 Å². The molecule has 0 fully saturated rings. The second-order valence-corrected chi connectivity index (χ2v) is 3.19. The standard InChI is InChI=1S/C8H15S.Li/c1-4-6-7-8(5-2)9-3;/h2,5,8H,4,6-7H2,1,3H3;/q-1;+1. The van der Waals surface area contributed by atoms with E-state index in [2.05, 4.69) is 13.2 Å². The molecule has 0 N–H and O–H groups in total. The van der Waals surface area contributed by atoms with E-state index in [0.717, 1.165) is 0 Å². The zero-order chi connectivity index (χ0) is 7.11. The number of hydrogen-bond acceptors (Lipinski definition) is 1. The largest absolute Gasteiger partial charge is 1.00 e. The third-order valence-electron chi connectivity index (χ3n) is 1.36. The van der Waals surface area contributed by atoms with Gasteiger partial charge in [-0.1, -0.05) is 19.8 Å². The molecule has 0 aromatic carbocycles. The summed E-state index contributed by atoms with van der Waals surface area (Å²) in [5, 5.41) is 0.574. The van der Waals surface area contributed by atoms with E-state index in [4.69, 9.17) is 6.58 Å². The topological polar surface area (TPSA) is 0 Å². The molecule has 0 radical (unpaired) electrons. The van der Waals surface area contributed by atoms with Gasteiger partial charge < -0.3 is 6.58 Å². The molecule has 0 heterocycles. The first-order valence-electron chi connectivity index (χ1n) is 3.43. The van der Waals surface area contributed by atoms with Gasteiger partial charge in [0.25, 0.3) is 0 Å². The van der Waals surface area contributed by atoms with Gasteiger partial charge in [0.2, 0.25) is 0 Å². The minimum Gasteiger partial charge on any atom is -0.517 e. The van der Waals surface area contributed by atoms with Gasteiger partial charge in [0.05, 0.1) is 0 Å². The molecular formula is C8H15LiS. The van der Waals surface area contributed by atoms with Crippen molar-refractivity contribution in [2.45, 2.75) is 31.4 Å². The van der Waals surface area contributed by atoms with Gasteiger partial charge in [-0.2, -0.15) is 11.8 Å². The van der Waals surface area contributed by atoms with Gasteiger partial charge in [-0.3, -0.25) is 6.08 Å². The van der Waals surface area contributed by atoms with Crippen LogP contribution in [0, 0.1) is 6.58 Å². The summed E-state index contributed by atoms with van der Waals surface area (Å²) < 4.78 is 0. The molecule has 54 valence electrons. The molecule has 0 bridgehead atoms. The van der Waals surface area contributed by atoms with Gasteiger partial charge in [-0.15, -0.1) is 0 Å². The smallest absolute Gasteiger partial charge is 0.517 e. The average Bonchev–Trinajstić information content (AvgIpc) is 1.91. The van der Waals surface area contributed by atoms with Gasteiger partial charge in [0.15, 0.2) is 0 Å². The minimum atomic E-state index is 0. The van der Waals surface area contributed by atoms with Gasteiger partial charge in [-0.05, 0) is 17.9 Å². The first-order chi connectivity index (χ1) is 4.35. The molecule has 1 unspecified atom stereocenters. The Balaban J connectivity index is 0. The first-order valence-corrected chi connectivity index (χ1v) is 4.71. The van der Waals surface area contributed by atoms with Gasteiger partial charge >= 0.3 is 18.9 Å². The Labute approximate surface area is 81.0 Å². The Bertz CT molecular complexity index is 73.7. The summed E-state index contributed by atoms with van der Waals surface area (Å²) in [4.78, 5) is 0. The van der Waals surface area contributed by atoms with Crippen molar-refractivity contribution < 1.29 is 18.9 Å². The summed E-state index contributed by atoms with van der Waals surface area (Å²) in [5.74, 6) is 0. The molecule has 10 heavy (non-hydrogen) atoms. The fourth-order valence-electron chi connectivity index (χ4n) is 0.698. The molecule has 0 aromatic heterocycles. The van der Waals surface area contributed by atoms with Gasteiger partial charge in [-0.25, -0.2) is 0 Å². The number of hydrogen-bond donors (Lipinski definition) is 0. The summed E-state index contributed by atoms with van der Waals surface area (Å²) in [6.45, 7) is 7.58. The van der Waals surface area contributed by atoms with Crippen LogP contribution in [-0.4, -0.2) is 11.5 Å². The van der Waals surface area contributed by atoms with Crippen molar-refractivity contribution in [2.24, 2.45) is 0 Å². The third kappa shape index (κ3) is 6.80. The van der Waals surface area contributed by atoms with Crippen LogP contribution in [0.3, 0.4) is 0 Å². The number of rotatable bonds is 5. The van der Waals surface area contributed by atoms with Crippen molar-refractivity contribution in [3.63, 3.8) is 0 Å². The van der Waals surface area contributed by atoms with Crippen LogP contribution in [0.25, 0.3) is 0 Å². The SMILES string of the molecule is [CH-]=CC(CCCC)SC.[Li+]. The van der Waals surface area contributed by atoms with Crippen LogP contribution in [0.2, 0.25) is 0 Å². The molecule has 0 aliphatic heterocycles. The quantitative estimate of drug-likeness (QED) is 0.389. The summed E-state index contributed by atoms with van der Waals surface area (Å²) in [5.41, 5.74) is 0. The molecular weight excluding hydrogens is 135 g/mol. The van der Waals surface area contributed by atoms with Crippen LogP contribution in [0.15, 0.2) is 6.08 Å². The zero-order valence-corrected chi connectivity index (χ0v) is 8.08. The van der Waals surface area contributed by atoms with E-state index in [-0.39, 0.29) is 18.9 Å². The molecule has 0 saturated heterocycles.